The molecule has 2 rings (SSSR count). The van der Waals surface area contributed by atoms with Crippen molar-refractivity contribution >= 4 is 8.56 Å². The predicted octanol–water partition coefficient (Wildman–Crippen LogP) is 3.47. The Hall–Kier alpha value is 0.137. The fraction of sp³-hybridized carbons (Fsp3) is 1.00. The van der Waals surface area contributed by atoms with Crippen molar-refractivity contribution in [1.29, 1.82) is 0 Å². The van der Waals surface area contributed by atoms with Crippen molar-refractivity contribution in [2.75, 3.05) is 14.2 Å². The molecule has 3 heteroatoms. The third kappa shape index (κ3) is 1.69. The molecule has 0 aromatic carbocycles. The first kappa shape index (κ1) is 11.6. The van der Waals surface area contributed by atoms with Gasteiger partial charge in [0.05, 0.1) is 0 Å². The second-order valence-corrected chi connectivity index (χ2v) is 8.93. The summed E-state index contributed by atoms with van der Waals surface area (Å²) in [5.74, 6) is 0.886. The van der Waals surface area contributed by atoms with E-state index in [2.05, 4.69) is 6.92 Å². The SMILES string of the molecule is CCC1CCC1[Si](OC)(OC)C1CCC1. The molecule has 2 aliphatic carbocycles. The van der Waals surface area contributed by atoms with Crippen LogP contribution in [0.3, 0.4) is 0 Å². The van der Waals surface area contributed by atoms with E-state index in [0.717, 1.165) is 17.0 Å². The highest BCUT2D eigenvalue weighted by Crippen LogP contribution is 2.56. The molecule has 0 amide bonds. The monoisotopic (exact) mass is 228 g/mol. The summed E-state index contributed by atoms with van der Waals surface area (Å²) in [7, 11) is 1.92. The largest absolute Gasteiger partial charge is 0.397 e. The van der Waals surface area contributed by atoms with E-state index in [1.807, 2.05) is 14.2 Å². The molecule has 2 fully saturated rings. The Kier molecular flexibility index (Phi) is 3.53. The summed E-state index contributed by atoms with van der Waals surface area (Å²) in [6.07, 6.45) is 8.13. The van der Waals surface area contributed by atoms with Crippen LogP contribution in [-0.2, 0) is 8.85 Å². The van der Waals surface area contributed by atoms with E-state index < -0.39 is 8.56 Å². The van der Waals surface area contributed by atoms with Gasteiger partial charge >= 0.3 is 8.56 Å². The zero-order valence-corrected chi connectivity index (χ0v) is 11.3. The molecule has 88 valence electrons. The second-order valence-electron chi connectivity index (χ2n) is 5.11. The quantitative estimate of drug-likeness (QED) is 0.671. The molecule has 2 nitrogen and oxygen atoms in total. The molecular formula is C12H24O2Si. The van der Waals surface area contributed by atoms with Crippen molar-refractivity contribution in [2.24, 2.45) is 5.92 Å². The summed E-state index contributed by atoms with van der Waals surface area (Å²) < 4.78 is 11.9. The van der Waals surface area contributed by atoms with E-state index in [9.17, 15) is 0 Å². The lowest BCUT2D eigenvalue weighted by atomic mass is 9.82. The van der Waals surface area contributed by atoms with E-state index >= 15 is 0 Å². The van der Waals surface area contributed by atoms with E-state index in [-0.39, 0.29) is 0 Å². The fourth-order valence-electron chi connectivity index (χ4n) is 3.42. The summed E-state index contributed by atoms with van der Waals surface area (Å²) in [4.78, 5) is 0. The highest BCUT2D eigenvalue weighted by atomic mass is 28.4. The number of rotatable bonds is 5. The Bertz CT molecular complexity index is 210. The molecule has 0 heterocycles. The number of hydrogen-bond acceptors (Lipinski definition) is 2. The molecule has 15 heavy (non-hydrogen) atoms. The van der Waals surface area contributed by atoms with Crippen LogP contribution in [0.1, 0.15) is 45.4 Å². The Morgan fingerprint density at radius 3 is 2.00 bits per heavy atom. The van der Waals surface area contributed by atoms with Crippen LogP contribution < -0.4 is 0 Å². The van der Waals surface area contributed by atoms with Crippen LogP contribution in [-0.4, -0.2) is 22.8 Å². The van der Waals surface area contributed by atoms with E-state index in [1.165, 1.54) is 38.5 Å². The summed E-state index contributed by atoms with van der Waals surface area (Å²) >= 11 is 0. The van der Waals surface area contributed by atoms with E-state index in [4.69, 9.17) is 8.85 Å². The standard InChI is InChI=1S/C12H24O2Si/c1-4-10-8-9-12(10)15(13-2,14-3)11-6-5-7-11/h10-12H,4-9H2,1-3H3. The van der Waals surface area contributed by atoms with Gasteiger partial charge < -0.3 is 8.85 Å². The van der Waals surface area contributed by atoms with E-state index in [0.29, 0.717) is 0 Å². The van der Waals surface area contributed by atoms with Crippen molar-refractivity contribution in [3.8, 4) is 0 Å². The molecule has 2 atom stereocenters. The van der Waals surface area contributed by atoms with Crippen LogP contribution in [0.2, 0.25) is 11.1 Å². The third-order valence-corrected chi connectivity index (χ3v) is 9.56. The molecule has 0 radical (unpaired) electrons. The van der Waals surface area contributed by atoms with Gasteiger partial charge in [-0.15, -0.1) is 0 Å². The topological polar surface area (TPSA) is 18.5 Å². The summed E-state index contributed by atoms with van der Waals surface area (Å²) in [6.45, 7) is 2.31. The average Bonchev–Trinajstić information content (AvgIpc) is 2.12. The van der Waals surface area contributed by atoms with Crippen LogP contribution in [0.4, 0.5) is 0 Å². The number of hydrogen-bond donors (Lipinski definition) is 0. The minimum absolute atomic E-state index is 0.780. The molecule has 2 unspecified atom stereocenters. The molecule has 0 spiro atoms. The Labute approximate surface area is 94.6 Å². The smallest absolute Gasteiger partial charge is 0.344 e. The highest BCUT2D eigenvalue weighted by molar-refractivity contribution is 6.71. The van der Waals surface area contributed by atoms with Gasteiger partial charge in [-0.3, -0.25) is 0 Å². The Morgan fingerprint density at radius 2 is 1.73 bits per heavy atom. The Balaban J connectivity index is 2.09. The van der Waals surface area contributed by atoms with Gasteiger partial charge in [-0.05, 0) is 25.2 Å². The second kappa shape index (κ2) is 4.56. The third-order valence-electron chi connectivity index (χ3n) is 4.77. The lowest BCUT2D eigenvalue weighted by Gasteiger charge is -2.51. The summed E-state index contributed by atoms with van der Waals surface area (Å²) in [5, 5.41) is 0. The van der Waals surface area contributed by atoms with Gasteiger partial charge in [0.2, 0.25) is 0 Å². The van der Waals surface area contributed by atoms with Crippen molar-refractivity contribution in [3.63, 3.8) is 0 Å². The van der Waals surface area contributed by atoms with Crippen LogP contribution in [0, 0.1) is 5.92 Å². The van der Waals surface area contributed by atoms with Gasteiger partial charge in [0.1, 0.15) is 0 Å². The fourth-order valence-corrected chi connectivity index (χ4v) is 8.31. The molecule has 0 aromatic rings. The molecule has 2 saturated carbocycles. The summed E-state index contributed by atoms with van der Waals surface area (Å²) in [6, 6.07) is 0. The average molecular weight is 228 g/mol. The highest BCUT2D eigenvalue weighted by Gasteiger charge is 2.57. The van der Waals surface area contributed by atoms with Gasteiger partial charge in [-0.1, -0.05) is 26.2 Å². The maximum Gasteiger partial charge on any atom is 0.344 e. The van der Waals surface area contributed by atoms with Crippen LogP contribution in [0.15, 0.2) is 0 Å². The first-order chi connectivity index (χ1) is 7.28. The van der Waals surface area contributed by atoms with Gasteiger partial charge in [0.15, 0.2) is 0 Å². The zero-order valence-electron chi connectivity index (χ0n) is 10.3. The normalized spacial score (nSPS) is 32.2. The molecule has 0 bridgehead atoms. The Morgan fingerprint density at radius 1 is 1.07 bits per heavy atom. The minimum Gasteiger partial charge on any atom is -0.397 e. The molecule has 0 N–H and O–H groups in total. The molecule has 0 aromatic heterocycles. The van der Waals surface area contributed by atoms with Crippen LogP contribution >= 0.6 is 0 Å². The maximum absolute atomic E-state index is 5.94. The van der Waals surface area contributed by atoms with Crippen LogP contribution in [0.5, 0.6) is 0 Å². The van der Waals surface area contributed by atoms with E-state index in [1.54, 1.807) is 0 Å². The molecule has 0 aliphatic heterocycles. The molecular weight excluding hydrogens is 204 g/mol. The predicted molar refractivity (Wildman–Crippen MR) is 64.1 cm³/mol. The van der Waals surface area contributed by atoms with Crippen molar-refractivity contribution in [2.45, 2.75) is 56.5 Å². The van der Waals surface area contributed by atoms with Gasteiger partial charge in [0.25, 0.3) is 0 Å². The summed E-state index contributed by atoms with van der Waals surface area (Å²) in [5.41, 5.74) is 1.56. The van der Waals surface area contributed by atoms with Crippen molar-refractivity contribution < 1.29 is 8.85 Å². The lowest BCUT2D eigenvalue weighted by molar-refractivity contribution is 0.147. The first-order valence-electron chi connectivity index (χ1n) is 6.38. The minimum atomic E-state index is -1.86. The van der Waals surface area contributed by atoms with Crippen LogP contribution in [0.25, 0.3) is 0 Å². The van der Waals surface area contributed by atoms with Gasteiger partial charge in [0, 0.05) is 25.3 Å². The first-order valence-corrected chi connectivity index (χ1v) is 8.35. The molecule has 0 saturated heterocycles. The maximum atomic E-state index is 5.94. The lowest BCUT2D eigenvalue weighted by Crippen LogP contribution is -2.56. The van der Waals surface area contributed by atoms with Gasteiger partial charge in [-0.25, -0.2) is 0 Å². The van der Waals surface area contributed by atoms with Crippen molar-refractivity contribution in [1.82, 2.24) is 0 Å². The zero-order chi connectivity index (χ0) is 10.9. The molecule has 2 aliphatic rings. The van der Waals surface area contributed by atoms with Gasteiger partial charge in [-0.2, -0.15) is 0 Å². The van der Waals surface area contributed by atoms with Crippen molar-refractivity contribution in [3.05, 3.63) is 0 Å².